The standard InChI is InChI=1S/C19H21N5OS/c1-12-7-14(9-15(8-12)24-18-21-5-3-13(2)23-18)16-10-22-17(26-16)19(25)4-6-20-11-19/h3,5,7-10,20,25H,4,6,11H2,1-2H3,(H,21,23,24). The molecule has 3 heterocycles. The number of hydrogen-bond acceptors (Lipinski definition) is 7. The van der Waals surface area contributed by atoms with E-state index in [0.29, 0.717) is 18.9 Å². The van der Waals surface area contributed by atoms with E-state index in [-0.39, 0.29) is 0 Å². The lowest BCUT2D eigenvalue weighted by atomic mass is 10.1. The lowest BCUT2D eigenvalue weighted by Gasteiger charge is -2.17. The zero-order valence-corrected chi connectivity index (χ0v) is 15.6. The van der Waals surface area contributed by atoms with Crippen molar-refractivity contribution in [1.82, 2.24) is 20.3 Å². The summed E-state index contributed by atoms with van der Waals surface area (Å²) in [6.45, 7) is 5.38. The lowest BCUT2D eigenvalue weighted by molar-refractivity contribution is 0.0585. The Morgan fingerprint density at radius 1 is 1.23 bits per heavy atom. The van der Waals surface area contributed by atoms with Gasteiger partial charge < -0.3 is 15.7 Å². The fraction of sp³-hybridized carbons (Fsp3) is 0.316. The van der Waals surface area contributed by atoms with Crippen molar-refractivity contribution in [1.29, 1.82) is 0 Å². The van der Waals surface area contributed by atoms with Crippen LogP contribution in [-0.4, -0.2) is 33.1 Å². The van der Waals surface area contributed by atoms with Crippen molar-refractivity contribution < 1.29 is 5.11 Å². The van der Waals surface area contributed by atoms with Crippen LogP contribution in [0.2, 0.25) is 0 Å². The van der Waals surface area contributed by atoms with Gasteiger partial charge in [0.2, 0.25) is 5.95 Å². The number of nitrogens with one attached hydrogen (secondary N) is 2. The molecular weight excluding hydrogens is 346 g/mol. The predicted octanol–water partition coefficient (Wildman–Crippen LogP) is 3.14. The van der Waals surface area contributed by atoms with Gasteiger partial charge in [-0.25, -0.2) is 15.0 Å². The van der Waals surface area contributed by atoms with Gasteiger partial charge in [-0.05, 0) is 56.1 Å². The third-order valence-corrected chi connectivity index (χ3v) is 5.69. The average molecular weight is 367 g/mol. The van der Waals surface area contributed by atoms with E-state index in [1.165, 1.54) is 0 Å². The Morgan fingerprint density at radius 2 is 2.12 bits per heavy atom. The number of nitrogens with zero attached hydrogens (tertiary/aromatic N) is 3. The second-order valence-electron chi connectivity index (χ2n) is 6.72. The molecule has 0 saturated carbocycles. The Balaban J connectivity index is 1.63. The zero-order valence-electron chi connectivity index (χ0n) is 14.8. The molecule has 1 unspecified atom stereocenters. The van der Waals surface area contributed by atoms with Crippen LogP contribution in [0.25, 0.3) is 10.4 Å². The normalized spacial score (nSPS) is 19.7. The van der Waals surface area contributed by atoms with Gasteiger partial charge in [0.25, 0.3) is 0 Å². The summed E-state index contributed by atoms with van der Waals surface area (Å²) in [5, 5.41) is 18.0. The van der Waals surface area contributed by atoms with Crippen LogP contribution in [0.5, 0.6) is 0 Å². The van der Waals surface area contributed by atoms with Crippen LogP contribution in [0.1, 0.15) is 22.7 Å². The number of aryl methyl sites for hydroxylation is 2. The molecule has 2 aromatic heterocycles. The molecule has 0 spiro atoms. The maximum atomic E-state index is 10.7. The highest BCUT2D eigenvalue weighted by molar-refractivity contribution is 7.15. The van der Waals surface area contributed by atoms with E-state index < -0.39 is 5.60 Å². The van der Waals surface area contributed by atoms with Gasteiger partial charge in [-0.3, -0.25) is 0 Å². The first-order valence-corrected chi connectivity index (χ1v) is 9.42. The summed E-state index contributed by atoms with van der Waals surface area (Å²) in [6.07, 6.45) is 4.29. The molecule has 6 nitrogen and oxygen atoms in total. The molecule has 4 rings (SSSR count). The maximum absolute atomic E-state index is 10.7. The van der Waals surface area contributed by atoms with E-state index in [0.717, 1.165) is 38.9 Å². The second kappa shape index (κ2) is 6.75. The van der Waals surface area contributed by atoms with Gasteiger partial charge in [0.05, 0.1) is 4.88 Å². The minimum atomic E-state index is -0.844. The Bertz CT molecular complexity index is 933. The van der Waals surface area contributed by atoms with Crippen LogP contribution in [0, 0.1) is 13.8 Å². The molecule has 7 heteroatoms. The number of benzene rings is 1. The lowest BCUT2D eigenvalue weighted by Crippen LogP contribution is -2.27. The van der Waals surface area contributed by atoms with Crippen LogP contribution in [0.15, 0.2) is 36.7 Å². The highest BCUT2D eigenvalue weighted by atomic mass is 32.1. The first-order chi connectivity index (χ1) is 12.5. The van der Waals surface area contributed by atoms with Gasteiger partial charge in [0, 0.05) is 30.3 Å². The van der Waals surface area contributed by atoms with Crippen LogP contribution in [0.4, 0.5) is 11.6 Å². The van der Waals surface area contributed by atoms with Gasteiger partial charge >= 0.3 is 0 Å². The SMILES string of the molecule is Cc1cc(Nc2nccc(C)n2)cc(-c2cnc(C3(O)CCNC3)s2)c1. The predicted molar refractivity (Wildman–Crippen MR) is 104 cm³/mol. The van der Waals surface area contributed by atoms with Crippen molar-refractivity contribution in [2.24, 2.45) is 0 Å². The first-order valence-electron chi connectivity index (χ1n) is 8.60. The van der Waals surface area contributed by atoms with Gasteiger partial charge in [0.1, 0.15) is 10.6 Å². The molecule has 1 atom stereocenters. The number of aromatic nitrogens is 3. The molecule has 1 aliphatic rings. The Hall–Kier alpha value is -2.35. The van der Waals surface area contributed by atoms with Crippen molar-refractivity contribution in [3.05, 3.63) is 52.9 Å². The molecule has 1 aliphatic heterocycles. The molecule has 1 saturated heterocycles. The highest BCUT2D eigenvalue weighted by Crippen LogP contribution is 2.36. The Labute approximate surface area is 156 Å². The van der Waals surface area contributed by atoms with Gasteiger partial charge in [-0.1, -0.05) is 6.07 Å². The number of rotatable bonds is 4. The number of anilines is 2. The molecule has 134 valence electrons. The highest BCUT2D eigenvalue weighted by Gasteiger charge is 2.35. The summed E-state index contributed by atoms with van der Waals surface area (Å²) in [4.78, 5) is 14.2. The summed E-state index contributed by atoms with van der Waals surface area (Å²) in [7, 11) is 0. The van der Waals surface area contributed by atoms with Gasteiger partial charge in [-0.2, -0.15) is 0 Å². The molecule has 0 radical (unpaired) electrons. The fourth-order valence-corrected chi connectivity index (χ4v) is 4.14. The van der Waals surface area contributed by atoms with E-state index in [4.69, 9.17) is 0 Å². The van der Waals surface area contributed by atoms with Gasteiger partial charge in [-0.15, -0.1) is 11.3 Å². The van der Waals surface area contributed by atoms with E-state index in [1.807, 2.05) is 19.2 Å². The molecule has 0 bridgehead atoms. The van der Waals surface area contributed by atoms with Crippen molar-refractivity contribution in [3.8, 4) is 10.4 Å². The molecule has 3 aromatic rings. The van der Waals surface area contributed by atoms with Crippen molar-refractivity contribution in [3.63, 3.8) is 0 Å². The first kappa shape index (κ1) is 17.1. The van der Waals surface area contributed by atoms with Crippen LogP contribution in [0.3, 0.4) is 0 Å². The molecule has 3 N–H and O–H groups in total. The summed E-state index contributed by atoms with van der Waals surface area (Å²) >= 11 is 1.55. The van der Waals surface area contributed by atoms with Crippen molar-refractivity contribution >= 4 is 23.0 Å². The van der Waals surface area contributed by atoms with E-state index in [2.05, 4.69) is 50.7 Å². The molecule has 1 aromatic carbocycles. The topological polar surface area (TPSA) is 83.0 Å². The van der Waals surface area contributed by atoms with Crippen LogP contribution >= 0.6 is 11.3 Å². The minimum Gasteiger partial charge on any atom is -0.381 e. The number of thiazole rings is 1. The largest absolute Gasteiger partial charge is 0.381 e. The monoisotopic (exact) mass is 367 g/mol. The fourth-order valence-electron chi connectivity index (χ4n) is 3.12. The summed E-state index contributed by atoms with van der Waals surface area (Å²) in [5.74, 6) is 0.581. The third-order valence-electron chi connectivity index (χ3n) is 4.45. The van der Waals surface area contributed by atoms with E-state index in [1.54, 1.807) is 17.5 Å². The molecule has 1 fully saturated rings. The van der Waals surface area contributed by atoms with Gasteiger partial charge in [0.15, 0.2) is 0 Å². The van der Waals surface area contributed by atoms with Crippen molar-refractivity contribution in [2.75, 3.05) is 18.4 Å². The quantitative estimate of drug-likeness (QED) is 0.657. The Kier molecular flexibility index (Phi) is 4.44. The van der Waals surface area contributed by atoms with E-state index in [9.17, 15) is 5.11 Å². The molecule has 0 amide bonds. The summed E-state index contributed by atoms with van der Waals surface area (Å²) in [6, 6.07) is 8.11. The molecular formula is C19H21N5OS. The van der Waals surface area contributed by atoms with Crippen LogP contribution in [-0.2, 0) is 5.60 Å². The third kappa shape index (κ3) is 3.46. The number of β-amino-alcohol motifs (C(OH)–C–C–N with tert-alkyl or cyclic N) is 1. The summed E-state index contributed by atoms with van der Waals surface area (Å²) in [5.41, 5.74) is 3.21. The van der Waals surface area contributed by atoms with E-state index >= 15 is 0 Å². The number of hydrogen-bond donors (Lipinski definition) is 3. The van der Waals surface area contributed by atoms with Crippen LogP contribution < -0.4 is 10.6 Å². The number of aliphatic hydroxyl groups is 1. The Morgan fingerprint density at radius 3 is 2.88 bits per heavy atom. The van der Waals surface area contributed by atoms with Crippen molar-refractivity contribution in [2.45, 2.75) is 25.9 Å². The zero-order chi connectivity index (χ0) is 18.1. The smallest absolute Gasteiger partial charge is 0.227 e. The average Bonchev–Trinajstić information content (AvgIpc) is 3.24. The summed E-state index contributed by atoms with van der Waals surface area (Å²) < 4.78 is 0. The minimum absolute atomic E-state index is 0.561. The maximum Gasteiger partial charge on any atom is 0.227 e. The second-order valence-corrected chi connectivity index (χ2v) is 7.75. The molecule has 0 aliphatic carbocycles. The molecule has 26 heavy (non-hydrogen) atoms.